The van der Waals surface area contributed by atoms with Crippen molar-refractivity contribution >= 4 is 11.8 Å². The quantitative estimate of drug-likeness (QED) is 0.404. The summed E-state index contributed by atoms with van der Waals surface area (Å²) in [6.07, 6.45) is 9.86. The lowest BCUT2D eigenvalue weighted by atomic mass is 10.1. The molecule has 1 aliphatic heterocycles. The number of hydrogen-bond acceptors (Lipinski definition) is 7. The smallest absolute Gasteiger partial charge is 0.162 e. The Hall–Kier alpha value is -3.16. The van der Waals surface area contributed by atoms with Gasteiger partial charge in [-0.3, -0.25) is 9.88 Å². The maximum absolute atomic E-state index is 4.76. The Labute approximate surface area is 192 Å². The first kappa shape index (κ1) is 20.7. The molecule has 6 nitrogen and oxygen atoms in total. The molecule has 1 aliphatic rings. The topological polar surface area (TPSA) is 67.7 Å². The molecule has 4 heterocycles. The van der Waals surface area contributed by atoms with Crippen molar-refractivity contribution in [2.45, 2.75) is 31.3 Å². The molecule has 0 saturated carbocycles. The normalized spacial score (nSPS) is 13.7. The first-order valence-corrected chi connectivity index (χ1v) is 11.8. The van der Waals surface area contributed by atoms with Crippen LogP contribution < -0.4 is 0 Å². The van der Waals surface area contributed by atoms with Gasteiger partial charge < -0.3 is 0 Å². The van der Waals surface area contributed by atoms with Crippen LogP contribution in [-0.2, 0) is 19.5 Å². The molecule has 0 radical (unpaired) electrons. The number of fused-ring (bicyclic) bond motifs is 1. The van der Waals surface area contributed by atoms with E-state index in [0.717, 1.165) is 54.3 Å². The highest BCUT2D eigenvalue weighted by atomic mass is 32.2. The molecule has 0 spiro atoms. The molecule has 3 aromatic heterocycles. The largest absolute Gasteiger partial charge is 0.294 e. The van der Waals surface area contributed by atoms with Crippen molar-refractivity contribution in [3.8, 4) is 22.6 Å². The molecule has 0 N–H and O–H groups in total. The van der Waals surface area contributed by atoms with Gasteiger partial charge in [0.2, 0.25) is 0 Å². The van der Waals surface area contributed by atoms with Crippen LogP contribution in [0.15, 0.2) is 72.4 Å². The van der Waals surface area contributed by atoms with Gasteiger partial charge in [-0.15, -0.1) is 11.8 Å². The second-order valence-electron chi connectivity index (χ2n) is 7.76. The summed E-state index contributed by atoms with van der Waals surface area (Å²) in [6.45, 7) is 4.85. The summed E-state index contributed by atoms with van der Waals surface area (Å²) in [4.78, 5) is 25.8. The van der Waals surface area contributed by atoms with Crippen LogP contribution in [0, 0.1) is 0 Å². The van der Waals surface area contributed by atoms with Gasteiger partial charge in [-0.05, 0) is 29.5 Å². The molecule has 0 unspecified atom stereocenters. The maximum atomic E-state index is 4.76. The van der Waals surface area contributed by atoms with Crippen LogP contribution >= 0.6 is 11.8 Å². The molecule has 0 aliphatic carbocycles. The fraction of sp³-hybridized carbons (Fsp3) is 0.240. The van der Waals surface area contributed by atoms with Gasteiger partial charge in [0.1, 0.15) is 6.33 Å². The third kappa shape index (κ3) is 4.69. The number of rotatable bonds is 6. The van der Waals surface area contributed by atoms with Gasteiger partial charge in [-0.25, -0.2) is 19.9 Å². The maximum Gasteiger partial charge on any atom is 0.162 e. The molecule has 160 valence electrons. The highest BCUT2D eigenvalue weighted by Gasteiger charge is 2.19. The predicted octanol–water partition coefficient (Wildman–Crippen LogP) is 4.67. The van der Waals surface area contributed by atoms with E-state index in [1.165, 1.54) is 22.3 Å². The van der Waals surface area contributed by atoms with Crippen LogP contribution in [0.4, 0.5) is 0 Å². The Morgan fingerprint density at radius 2 is 1.75 bits per heavy atom. The van der Waals surface area contributed by atoms with Crippen molar-refractivity contribution in [2.75, 3.05) is 12.3 Å². The second-order valence-corrected chi connectivity index (χ2v) is 9.10. The van der Waals surface area contributed by atoms with Gasteiger partial charge in [-0.1, -0.05) is 25.1 Å². The lowest BCUT2D eigenvalue weighted by Crippen LogP contribution is -2.31. The first-order valence-electron chi connectivity index (χ1n) is 10.8. The second kappa shape index (κ2) is 9.54. The third-order valence-electron chi connectivity index (χ3n) is 5.52. The highest BCUT2D eigenvalue weighted by molar-refractivity contribution is 7.99. The van der Waals surface area contributed by atoms with E-state index in [0.29, 0.717) is 5.82 Å². The molecule has 0 fully saturated rings. The fourth-order valence-electron chi connectivity index (χ4n) is 3.90. The number of nitrogens with zero attached hydrogens (tertiary/aromatic N) is 6. The molecule has 4 aromatic rings. The first-order chi connectivity index (χ1) is 15.8. The molecule has 32 heavy (non-hydrogen) atoms. The van der Waals surface area contributed by atoms with Gasteiger partial charge in [0.15, 0.2) is 5.82 Å². The number of thioether (sulfide) groups is 1. The molecule has 1 aromatic carbocycles. The number of hydrogen-bond donors (Lipinski definition) is 0. The van der Waals surface area contributed by atoms with Crippen LogP contribution in [0.25, 0.3) is 22.6 Å². The van der Waals surface area contributed by atoms with Crippen molar-refractivity contribution in [1.82, 2.24) is 29.8 Å². The third-order valence-corrected chi connectivity index (χ3v) is 6.42. The van der Waals surface area contributed by atoms with Crippen LogP contribution in [0.5, 0.6) is 0 Å². The average molecular weight is 441 g/mol. The van der Waals surface area contributed by atoms with Crippen molar-refractivity contribution in [1.29, 1.82) is 0 Å². The van der Waals surface area contributed by atoms with E-state index in [1.54, 1.807) is 12.4 Å². The lowest BCUT2D eigenvalue weighted by Gasteiger charge is -2.28. The summed E-state index contributed by atoms with van der Waals surface area (Å²) < 4.78 is 0. The van der Waals surface area contributed by atoms with E-state index in [-0.39, 0.29) is 0 Å². The van der Waals surface area contributed by atoms with Gasteiger partial charge in [0.05, 0.1) is 17.0 Å². The Morgan fingerprint density at radius 1 is 0.906 bits per heavy atom. The fourth-order valence-corrected chi connectivity index (χ4v) is 4.56. The van der Waals surface area contributed by atoms with E-state index >= 15 is 0 Å². The van der Waals surface area contributed by atoms with Crippen LogP contribution in [0.3, 0.4) is 0 Å². The summed E-state index contributed by atoms with van der Waals surface area (Å²) in [5.74, 6) is 1.78. The average Bonchev–Trinajstić information content (AvgIpc) is 2.85. The Kier molecular flexibility index (Phi) is 6.18. The summed E-state index contributed by atoms with van der Waals surface area (Å²) in [5.41, 5.74) is 6.54. The van der Waals surface area contributed by atoms with E-state index in [1.807, 2.05) is 24.2 Å². The van der Waals surface area contributed by atoms with Gasteiger partial charge in [0, 0.05) is 66.9 Å². The van der Waals surface area contributed by atoms with Crippen molar-refractivity contribution in [3.05, 3.63) is 84.3 Å². The molecular formula is C25H24N6S. The summed E-state index contributed by atoms with van der Waals surface area (Å²) >= 11 is 1.86. The molecule has 5 rings (SSSR count). The summed E-state index contributed by atoms with van der Waals surface area (Å²) in [6, 6.07) is 12.9. The minimum atomic E-state index is 0.693. The molecular weight excluding hydrogens is 416 g/mol. The minimum Gasteiger partial charge on any atom is -0.294 e. The Morgan fingerprint density at radius 3 is 2.50 bits per heavy atom. The van der Waals surface area contributed by atoms with E-state index < -0.39 is 0 Å². The number of aromatic nitrogens is 5. The molecule has 0 saturated heterocycles. The van der Waals surface area contributed by atoms with Crippen molar-refractivity contribution in [3.63, 3.8) is 0 Å². The molecule has 0 bridgehead atoms. The lowest BCUT2D eigenvalue weighted by molar-refractivity contribution is 0.242. The highest BCUT2D eigenvalue weighted by Crippen LogP contribution is 2.24. The van der Waals surface area contributed by atoms with Gasteiger partial charge >= 0.3 is 0 Å². The van der Waals surface area contributed by atoms with E-state index in [9.17, 15) is 0 Å². The van der Waals surface area contributed by atoms with Crippen LogP contribution in [-0.4, -0.2) is 42.1 Å². The Balaban J connectivity index is 1.24. The number of pyridine rings is 1. The molecule has 7 heteroatoms. The van der Waals surface area contributed by atoms with Crippen LogP contribution in [0.1, 0.15) is 23.7 Å². The van der Waals surface area contributed by atoms with Crippen LogP contribution in [0.2, 0.25) is 0 Å². The summed E-state index contributed by atoms with van der Waals surface area (Å²) in [5, 5.41) is 0. The van der Waals surface area contributed by atoms with Crippen molar-refractivity contribution < 1.29 is 0 Å². The van der Waals surface area contributed by atoms with E-state index in [4.69, 9.17) is 9.97 Å². The number of benzene rings is 1. The zero-order valence-electron chi connectivity index (χ0n) is 18.0. The van der Waals surface area contributed by atoms with Gasteiger partial charge in [-0.2, -0.15) is 0 Å². The van der Waals surface area contributed by atoms with Gasteiger partial charge in [0.25, 0.3) is 0 Å². The Bertz CT molecular complexity index is 1180. The standard InChI is InChI=1S/C25H24N6S/c1-2-32-22-6-4-19(5-7-22)23-8-3-18(11-28-23)15-31-10-9-24-21(16-31)14-29-25(30-24)20-12-26-17-27-13-20/h3-8,11-14,17H,2,9-10,15-16H2,1H3. The minimum absolute atomic E-state index is 0.693. The molecule has 0 atom stereocenters. The predicted molar refractivity (Wildman–Crippen MR) is 127 cm³/mol. The monoisotopic (exact) mass is 440 g/mol. The zero-order valence-corrected chi connectivity index (χ0v) is 18.8. The zero-order chi connectivity index (χ0) is 21.8. The SMILES string of the molecule is CCSc1ccc(-c2ccc(CN3CCc4nc(-c5cncnc5)ncc4C3)cn2)cc1. The van der Waals surface area contributed by atoms with E-state index in [2.05, 4.69) is 63.2 Å². The van der Waals surface area contributed by atoms with Crippen molar-refractivity contribution in [2.24, 2.45) is 0 Å². The molecule has 0 amide bonds. The summed E-state index contributed by atoms with van der Waals surface area (Å²) in [7, 11) is 0.